The zero-order valence-electron chi connectivity index (χ0n) is 12.6. The molecule has 1 heterocycles. The van der Waals surface area contributed by atoms with Crippen molar-refractivity contribution in [3.63, 3.8) is 0 Å². The fourth-order valence-corrected chi connectivity index (χ4v) is 3.88. The number of hydrogen-bond acceptors (Lipinski definition) is 3. The molecule has 3 rings (SSSR count). The second-order valence-electron chi connectivity index (χ2n) is 5.98. The summed E-state index contributed by atoms with van der Waals surface area (Å²) in [5.74, 6) is 0.558. The molecule has 0 bridgehead atoms. The van der Waals surface area contributed by atoms with Gasteiger partial charge in [0.15, 0.2) is 0 Å². The molecular formula is C17H21NO3. The molecule has 21 heavy (non-hydrogen) atoms. The van der Waals surface area contributed by atoms with Crippen LogP contribution in [0.2, 0.25) is 0 Å². The van der Waals surface area contributed by atoms with E-state index in [0.29, 0.717) is 5.69 Å². The van der Waals surface area contributed by atoms with Gasteiger partial charge in [-0.1, -0.05) is 19.8 Å². The van der Waals surface area contributed by atoms with Crippen molar-refractivity contribution in [2.24, 2.45) is 11.3 Å². The zero-order chi connectivity index (χ0) is 15.0. The molecular weight excluding hydrogens is 266 g/mol. The first-order valence-electron chi connectivity index (χ1n) is 7.66. The molecule has 1 saturated heterocycles. The molecule has 1 aromatic carbocycles. The fraction of sp³-hybridized carbons (Fsp3) is 0.529. The SMILES string of the molecule is CCC12CCCCC1C(=O)N(c1ccc(OC)cc1)C2=O. The average Bonchev–Trinajstić information content (AvgIpc) is 2.76. The molecule has 0 N–H and O–H groups in total. The number of imide groups is 1. The number of hydrogen-bond donors (Lipinski definition) is 0. The summed E-state index contributed by atoms with van der Waals surface area (Å²) in [7, 11) is 1.60. The van der Waals surface area contributed by atoms with E-state index in [9.17, 15) is 9.59 Å². The highest BCUT2D eigenvalue weighted by molar-refractivity contribution is 6.23. The van der Waals surface area contributed by atoms with E-state index in [1.54, 1.807) is 31.4 Å². The lowest BCUT2D eigenvalue weighted by atomic mass is 9.66. The van der Waals surface area contributed by atoms with Crippen LogP contribution in [0.5, 0.6) is 5.75 Å². The van der Waals surface area contributed by atoms with Gasteiger partial charge in [-0.2, -0.15) is 0 Å². The Hall–Kier alpha value is -1.84. The first kappa shape index (κ1) is 14.1. The summed E-state index contributed by atoms with van der Waals surface area (Å²) < 4.78 is 5.13. The van der Waals surface area contributed by atoms with E-state index in [1.165, 1.54) is 4.90 Å². The monoisotopic (exact) mass is 287 g/mol. The minimum atomic E-state index is -0.463. The minimum absolute atomic E-state index is 0.00938. The van der Waals surface area contributed by atoms with E-state index in [4.69, 9.17) is 4.74 Å². The van der Waals surface area contributed by atoms with Crippen LogP contribution in [-0.4, -0.2) is 18.9 Å². The summed E-state index contributed by atoms with van der Waals surface area (Å²) in [4.78, 5) is 27.1. The maximum atomic E-state index is 12.9. The van der Waals surface area contributed by atoms with E-state index in [2.05, 4.69) is 0 Å². The maximum Gasteiger partial charge on any atom is 0.240 e. The van der Waals surface area contributed by atoms with E-state index in [0.717, 1.165) is 37.9 Å². The van der Waals surface area contributed by atoms with E-state index in [1.807, 2.05) is 6.92 Å². The second kappa shape index (κ2) is 5.17. The number of nitrogens with zero attached hydrogens (tertiary/aromatic N) is 1. The summed E-state index contributed by atoms with van der Waals surface area (Å²) in [6.45, 7) is 2.03. The Bertz CT molecular complexity index is 566. The Morgan fingerprint density at radius 2 is 1.95 bits per heavy atom. The number of fused-ring (bicyclic) bond motifs is 1. The highest BCUT2D eigenvalue weighted by Gasteiger charge is 2.58. The molecule has 1 saturated carbocycles. The van der Waals surface area contributed by atoms with Crippen LogP contribution in [-0.2, 0) is 9.59 Å². The van der Waals surface area contributed by atoms with Gasteiger partial charge in [0.05, 0.1) is 24.1 Å². The van der Waals surface area contributed by atoms with Crippen molar-refractivity contribution in [1.29, 1.82) is 0 Å². The lowest BCUT2D eigenvalue weighted by molar-refractivity contribution is -0.129. The molecule has 4 heteroatoms. The zero-order valence-corrected chi connectivity index (χ0v) is 12.6. The summed E-state index contributed by atoms with van der Waals surface area (Å²) in [5.41, 5.74) is 0.197. The van der Waals surface area contributed by atoms with Gasteiger partial charge in [-0.15, -0.1) is 0 Å². The molecule has 1 aliphatic heterocycles. The van der Waals surface area contributed by atoms with Crippen LogP contribution in [0.15, 0.2) is 24.3 Å². The van der Waals surface area contributed by atoms with Crippen LogP contribution in [0.4, 0.5) is 5.69 Å². The van der Waals surface area contributed by atoms with Crippen LogP contribution in [0.25, 0.3) is 0 Å². The third-order valence-corrected chi connectivity index (χ3v) is 5.14. The molecule has 2 amide bonds. The Morgan fingerprint density at radius 1 is 1.24 bits per heavy atom. The van der Waals surface area contributed by atoms with Gasteiger partial charge in [0, 0.05) is 0 Å². The Balaban J connectivity index is 1.99. The normalized spacial score (nSPS) is 28.7. The number of carbonyl (C=O) groups excluding carboxylic acids is 2. The van der Waals surface area contributed by atoms with Gasteiger partial charge in [-0.05, 0) is 43.5 Å². The summed E-state index contributed by atoms with van der Waals surface area (Å²) >= 11 is 0. The highest BCUT2D eigenvalue weighted by atomic mass is 16.5. The quantitative estimate of drug-likeness (QED) is 0.802. The van der Waals surface area contributed by atoms with Crippen LogP contribution in [0.1, 0.15) is 39.0 Å². The first-order chi connectivity index (χ1) is 10.1. The van der Waals surface area contributed by atoms with Gasteiger partial charge >= 0.3 is 0 Å². The van der Waals surface area contributed by atoms with Crippen LogP contribution in [0, 0.1) is 11.3 Å². The minimum Gasteiger partial charge on any atom is -0.497 e. The third kappa shape index (κ3) is 1.96. The first-order valence-corrected chi connectivity index (χ1v) is 7.66. The number of benzene rings is 1. The van der Waals surface area contributed by atoms with Crippen molar-refractivity contribution < 1.29 is 14.3 Å². The Labute approximate surface area is 125 Å². The molecule has 1 aliphatic carbocycles. The molecule has 112 valence electrons. The number of ether oxygens (including phenoxy) is 1. The Kier molecular flexibility index (Phi) is 3.47. The van der Waals surface area contributed by atoms with Crippen LogP contribution >= 0.6 is 0 Å². The molecule has 0 spiro atoms. The van der Waals surface area contributed by atoms with Crippen molar-refractivity contribution in [2.75, 3.05) is 12.0 Å². The molecule has 0 aromatic heterocycles. The molecule has 2 fully saturated rings. The predicted molar refractivity (Wildman–Crippen MR) is 80.2 cm³/mol. The summed E-state index contributed by atoms with van der Waals surface area (Å²) in [5, 5.41) is 0. The van der Waals surface area contributed by atoms with Crippen molar-refractivity contribution in [3.05, 3.63) is 24.3 Å². The molecule has 2 unspecified atom stereocenters. The molecule has 1 aromatic rings. The molecule has 2 aliphatic rings. The smallest absolute Gasteiger partial charge is 0.240 e. The summed E-state index contributed by atoms with van der Waals surface area (Å²) in [6.07, 6.45) is 4.51. The van der Waals surface area contributed by atoms with Crippen molar-refractivity contribution in [1.82, 2.24) is 0 Å². The maximum absolute atomic E-state index is 12.9. The standard InChI is InChI=1S/C17H21NO3/c1-3-17-11-5-4-6-14(17)15(19)18(16(17)20)12-7-9-13(21-2)10-8-12/h7-10,14H,3-6,11H2,1-2H3. The van der Waals surface area contributed by atoms with Crippen LogP contribution < -0.4 is 9.64 Å². The molecule has 4 nitrogen and oxygen atoms in total. The van der Waals surface area contributed by atoms with E-state index in [-0.39, 0.29) is 17.7 Å². The van der Waals surface area contributed by atoms with Gasteiger partial charge in [-0.25, -0.2) is 4.90 Å². The third-order valence-electron chi connectivity index (χ3n) is 5.14. The van der Waals surface area contributed by atoms with E-state index < -0.39 is 5.41 Å². The molecule has 2 atom stereocenters. The number of rotatable bonds is 3. The van der Waals surface area contributed by atoms with Gasteiger partial charge in [0.2, 0.25) is 11.8 Å². The Morgan fingerprint density at radius 3 is 2.52 bits per heavy atom. The van der Waals surface area contributed by atoms with Gasteiger partial charge in [0.1, 0.15) is 5.75 Å². The van der Waals surface area contributed by atoms with E-state index >= 15 is 0 Å². The second-order valence-corrected chi connectivity index (χ2v) is 5.98. The van der Waals surface area contributed by atoms with Gasteiger partial charge in [0.25, 0.3) is 0 Å². The number of carbonyl (C=O) groups is 2. The number of methoxy groups -OCH3 is 1. The topological polar surface area (TPSA) is 46.6 Å². The predicted octanol–water partition coefficient (Wildman–Crippen LogP) is 3.16. The van der Waals surface area contributed by atoms with Crippen molar-refractivity contribution in [3.8, 4) is 5.75 Å². The average molecular weight is 287 g/mol. The van der Waals surface area contributed by atoms with Crippen LogP contribution in [0.3, 0.4) is 0 Å². The highest BCUT2D eigenvalue weighted by Crippen LogP contribution is 2.51. The molecule has 0 radical (unpaired) electrons. The summed E-state index contributed by atoms with van der Waals surface area (Å²) in [6, 6.07) is 7.15. The fourth-order valence-electron chi connectivity index (χ4n) is 3.88. The van der Waals surface area contributed by atoms with Gasteiger partial charge in [-0.3, -0.25) is 9.59 Å². The largest absolute Gasteiger partial charge is 0.497 e. The van der Waals surface area contributed by atoms with Crippen molar-refractivity contribution in [2.45, 2.75) is 39.0 Å². The number of anilines is 1. The number of amides is 2. The van der Waals surface area contributed by atoms with Gasteiger partial charge < -0.3 is 4.74 Å². The lowest BCUT2D eigenvalue weighted by Crippen LogP contribution is -2.38. The van der Waals surface area contributed by atoms with Crippen molar-refractivity contribution >= 4 is 17.5 Å². The lowest BCUT2D eigenvalue weighted by Gasteiger charge is -2.34.